The highest BCUT2D eigenvalue weighted by molar-refractivity contribution is 5.89. The summed E-state index contributed by atoms with van der Waals surface area (Å²) < 4.78 is 0. The molecule has 2 fully saturated rings. The molecule has 102 valence electrons. The molecule has 2 saturated heterocycles. The Morgan fingerprint density at radius 1 is 1.44 bits per heavy atom. The fourth-order valence-corrected chi connectivity index (χ4v) is 2.71. The van der Waals surface area contributed by atoms with Gasteiger partial charge in [0.25, 0.3) is 0 Å². The van der Waals surface area contributed by atoms with Crippen molar-refractivity contribution in [1.82, 2.24) is 15.1 Å². The first-order valence-electron chi connectivity index (χ1n) is 6.84. The highest BCUT2D eigenvalue weighted by Gasteiger charge is 2.41. The highest BCUT2D eigenvalue weighted by atomic mass is 16.2. The molecule has 0 bridgehead atoms. The lowest BCUT2D eigenvalue weighted by atomic mass is 10.0. The first-order chi connectivity index (χ1) is 8.50. The number of urea groups is 1. The van der Waals surface area contributed by atoms with Crippen LogP contribution in [0.4, 0.5) is 4.79 Å². The summed E-state index contributed by atoms with van der Waals surface area (Å²) >= 11 is 0. The average Bonchev–Trinajstić information content (AvgIpc) is 2.66. The zero-order chi connectivity index (χ0) is 13.3. The molecule has 5 heteroatoms. The molecule has 0 aliphatic carbocycles. The Labute approximate surface area is 108 Å². The van der Waals surface area contributed by atoms with E-state index in [1.165, 1.54) is 6.42 Å². The van der Waals surface area contributed by atoms with Crippen LogP contribution in [0.25, 0.3) is 0 Å². The van der Waals surface area contributed by atoms with E-state index in [4.69, 9.17) is 0 Å². The van der Waals surface area contributed by atoms with Crippen molar-refractivity contribution in [3.63, 3.8) is 0 Å². The minimum Gasteiger partial charge on any atom is -0.338 e. The Balaban J connectivity index is 1.94. The zero-order valence-corrected chi connectivity index (χ0v) is 11.5. The maximum atomic E-state index is 12.2. The second-order valence-corrected chi connectivity index (χ2v) is 5.62. The minimum absolute atomic E-state index is 0.102. The largest absolute Gasteiger partial charge is 0.338 e. The Bertz CT molecular complexity index is 343. The van der Waals surface area contributed by atoms with Crippen molar-refractivity contribution in [2.45, 2.75) is 57.7 Å². The first-order valence-corrected chi connectivity index (χ1v) is 6.84. The van der Waals surface area contributed by atoms with Crippen molar-refractivity contribution in [2.75, 3.05) is 13.6 Å². The van der Waals surface area contributed by atoms with Gasteiger partial charge < -0.3 is 15.1 Å². The predicted octanol–water partition coefficient (Wildman–Crippen LogP) is 1.19. The quantitative estimate of drug-likeness (QED) is 0.803. The summed E-state index contributed by atoms with van der Waals surface area (Å²) in [6, 6.07) is 0.0231. The maximum absolute atomic E-state index is 12.2. The van der Waals surface area contributed by atoms with Gasteiger partial charge in [-0.1, -0.05) is 0 Å². The standard InChI is InChI=1S/C13H23N3O2/c1-9(2)15(3)13(18)14-11-8-10-6-4-5-7-16(10)12(11)17/h9-11H,4-8H2,1-3H3,(H,14,18). The maximum Gasteiger partial charge on any atom is 0.318 e. The summed E-state index contributed by atoms with van der Waals surface area (Å²) in [5, 5.41) is 2.86. The average molecular weight is 253 g/mol. The van der Waals surface area contributed by atoms with Crippen molar-refractivity contribution in [3.05, 3.63) is 0 Å². The summed E-state index contributed by atoms with van der Waals surface area (Å²) in [4.78, 5) is 27.7. The summed E-state index contributed by atoms with van der Waals surface area (Å²) in [6.07, 6.45) is 4.14. The smallest absolute Gasteiger partial charge is 0.318 e. The Morgan fingerprint density at radius 3 is 2.78 bits per heavy atom. The van der Waals surface area contributed by atoms with E-state index in [9.17, 15) is 9.59 Å². The lowest BCUT2D eigenvalue weighted by molar-refractivity contribution is -0.131. The van der Waals surface area contributed by atoms with E-state index >= 15 is 0 Å². The van der Waals surface area contributed by atoms with Gasteiger partial charge in [-0.3, -0.25) is 4.79 Å². The molecule has 0 aromatic heterocycles. The van der Waals surface area contributed by atoms with Gasteiger partial charge in [0.15, 0.2) is 0 Å². The summed E-state index contributed by atoms with van der Waals surface area (Å²) in [6.45, 7) is 4.77. The van der Waals surface area contributed by atoms with Gasteiger partial charge in [0.05, 0.1) is 0 Å². The van der Waals surface area contributed by atoms with Gasteiger partial charge in [0.2, 0.25) is 5.91 Å². The van der Waals surface area contributed by atoms with Crippen LogP contribution in [0.3, 0.4) is 0 Å². The lowest BCUT2D eigenvalue weighted by Gasteiger charge is -2.29. The normalized spacial score (nSPS) is 27.3. The van der Waals surface area contributed by atoms with Crippen molar-refractivity contribution < 1.29 is 9.59 Å². The molecule has 0 spiro atoms. The van der Waals surface area contributed by atoms with E-state index in [1.54, 1.807) is 11.9 Å². The molecular formula is C13H23N3O2. The second-order valence-electron chi connectivity index (χ2n) is 5.62. The van der Waals surface area contributed by atoms with E-state index < -0.39 is 0 Å². The van der Waals surface area contributed by atoms with Crippen molar-refractivity contribution in [1.29, 1.82) is 0 Å². The van der Waals surface area contributed by atoms with E-state index in [0.717, 1.165) is 25.8 Å². The SMILES string of the molecule is CC(C)N(C)C(=O)NC1CC2CCCCN2C1=O. The number of carbonyl (C=O) groups excluding carboxylic acids is 2. The predicted molar refractivity (Wildman–Crippen MR) is 69.2 cm³/mol. The van der Waals surface area contributed by atoms with Crippen LogP contribution in [0.15, 0.2) is 0 Å². The van der Waals surface area contributed by atoms with Crippen LogP contribution in [0, 0.1) is 0 Å². The number of hydrogen-bond donors (Lipinski definition) is 1. The van der Waals surface area contributed by atoms with Gasteiger partial charge >= 0.3 is 6.03 Å². The van der Waals surface area contributed by atoms with Crippen LogP contribution in [-0.4, -0.2) is 53.5 Å². The Morgan fingerprint density at radius 2 is 2.17 bits per heavy atom. The molecular weight excluding hydrogens is 230 g/mol. The number of nitrogens with zero attached hydrogens (tertiary/aromatic N) is 2. The number of carbonyl (C=O) groups is 2. The summed E-state index contributed by atoms with van der Waals surface area (Å²) in [5.74, 6) is 0.102. The molecule has 0 aromatic rings. The molecule has 1 N–H and O–H groups in total. The third kappa shape index (κ3) is 2.44. The van der Waals surface area contributed by atoms with Gasteiger partial charge in [0.1, 0.15) is 6.04 Å². The molecule has 2 unspecified atom stereocenters. The van der Waals surface area contributed by atoms with Crippen LogP contribution >= 0.6 is 0 Å². The Kier molecular flexibility index (Phi) is 3.78. The van der Waals surface area contributed by atoms with Gasteiger partial charge in [0, 0.05) is 25.7 Å². The molecule has 0 saturated carbocycles. The summed E-state index contributed by atoms with van der Waals surface area (Å²) in [5.41, 5.74) is 0. The molecule has 2 rings (SSSR count). The van der Waals surface area contributed by atoms with E-state index in [1.807, 2.05) is 18.7 Å². The molecule has 2 aliphatic heterocycles. The third-order valence-electron chi connectivity index (χ3n) is 4.11. The van der Waals surface area contributed by atoms with Crippen LogP contribution in [0.2, 0.25) is 0 Å². The fraction of sp³-hybridized carbons (Fsp3) is 0.846. The molecule has 0 aromatic carbocycles. The Hall–Kier alpha value is -1.26. The molecule has 2 aliphatic rings. The molecule has 0 radical (unpaired) electrons. The van der Waals surface area contributed by atoms with Crippen molar-refractivity contribution >= 4 is 11.9 Å². The summed E-state index contributed by atoms with van der Waals surface area (Å²) in [7, 11) is 1.76. The van der Waals surface area contributed by atoms with Gasteiger partial charge in [-0.2, -0.15) is 0 Å². The number of fused-ring (bicyclic) bond motifs is 1. The lowest BCUT2D eigenvalue weighted by Crippen LogP contribution is -2.48. The molecule has 18 heavy (non-hydrogen) atoms. The van der Waals surface area contributed by atoms with Gasteiger partial charge in [-0.05, 0) is 39.5 Å². The van der Waals surface area contributed by atoms with Crippen molar-refractivity contribution in [3.8, 4) is 0 Å². The molecule has 2 heterocycles. The number of piperidine rings is 1. The van der Waals surface area contributed by atoms with E-state index in [0.29, 0.717) is 6.04 Å². The van der Waals surface area contributed by atoms with Crippen LogP contribution < -0.4 is 5.32 Å². The van der Waals surface area contributed by atoms with Gasteiger partial charge in [-0.25, -0.2) is 4.79 Å². The molecule has 5 nitrogen and oxygen atoms in total. The zero-order valence-electron chi connectivity index (χ0n) is 11.5. The van der Waals surface area contributed by atoms with E-state index in [-0.39, 0.29) is 24.0 Å². The van der Waals surface area contributed by atoms with Crippen LogP contribution in [0.5, 0.6) is 0 Å². The molecule has 3 amide bonds. The number of hydrogen-bond acceptors (Lipinski definition) is 2. The van der Waals surface area contributed by atoms with Gasteiger partial charge in [-0.15, -0.1) is 0 Å². The highest BCUT2D eigenvalue weighted by Crippen LogP contribution is 2.28. The monoisotopic (exact) mass is 253 g/mol. The van der Waals surface area contributed by atoms with E-state index in [2.05, 4.69) is 5.32 Å². The minimum atomic E-state index is -0.318. The number of amides is 3. The third-order valence-corrected chi connectivity index (χ3v) is 4.11. The topological polar surface area (TPSA) is 52.7 Å². The van der Waals surface area contributed by atoms with Crippen LogP contribution in [0.1, 0.15) is 39.5 Å². The number of rotatable bonds is 2. The second kappa shape index (κ2) is 5.16. The number of nitrogens with one attached hydrogen (secondary N) is 1. The first kappa shape index (κ1) is 13.2. The van der Waals surface area contributed by atoms with Crippen molar-refractivity contribution in [2.24, 2.45) is 0 Å². The van der Waals surface area contributed by atoms with Crippen LogP contribution in [-0.2, 0) is 4.79 Å². The molecule has 2 atom stereocenters. The fourth-order valence-electron chi connectivity index (χ4n) is 2.71.